The molecule has 24 heavy (non-hydrogen) atoms. The summed E-state index contributed by atoms with van der Waals surface area (Å²) in [6.07, 6.45) is 5.99. The summed E-state index contributed by atoms with van der Waals surface area (Å²) in [4.78, 5) is 24.4. The molecule has 0 aliphatic carbocycles. The third kappa shape index (κ3) is 6.66. The van der Waals surface area contributed by atoms with Crippen LogP contribution in [-0.4, -0.2) is 24.4 Å². The van der Waals surface area contributed by atoms with Gasteiger partial charge in [-0.2, -0.15) is 0 Å². The van der Waals surface area contributed by atoms with Crippen LogP contribution < -0.4 is 10.6 Å². The van der Waals surface area contributed by atoms with E-state index in [1.54, 1.807) is 0 Å². The third-order valence-electron chi connectivity index (χ3n) is 5.21. The van der Waals surface area contributed by atoms with Gasteiger partial charge in [0, 0.05) is 24.9 Å². The summed E-state index contributed by atoms with van der Waals surface area (Å²) in [5.74, 6) is 0.912. The minimum Gasteiger partial charge on any atom is -0.356 e. The number of hydrogen-bond donors (Lipinski definition) is 2. The van der Waals surface area contributed by atoms with Crippen molar-refractivity contribution in [1.29, 1.82) is 0 Å². The number of carbonyl (C=O) groups excluding carboxylic acids is 2. The summed E-state index contributed by atoms with van der Waals surface area (Å²) < 4.78 is 0. The molecule has 0 unspecified atom stereocenters. The Morgan fingerprint density at radius 2 is 2.12 bits per heavy atom. The highest BCUT2D eigenvalue weighted by atomic mass is 16.2. The predicted molar refractivity (Wildman–Crippen MR) is 99.5 cm³/mol. The molecule has 1 heterocycles. The van der Waals surface area contributed by atoms with E-state index in [2.05, 4.69) is 51.8 Å². The lowest BCUT2D eigenvalue weighted by Crippen LogP contribution is -2.43. The van der Waals surface area contributed by atoms with Crippen molar-refractivity contribution in [2.75, 3.05) is 6.54 Å². The molecule has 0 bridgehead atoms. The van der Waals surface area contributed by atoms with Gasteiger partial charge in [-0.1, -0.05) is 47.1 Å². The van der Waals surface area contributed by atoms with Gasteiger partial charge in [-0.3, -0.25) is 9.59 Å². The number of carbonyl (C=O) groups is 2. The van der Waals surface area contributed by atoms with Gasteiger partial charge in [-0.15, -0.1) is 6.58 Å². The van der Waals surface area contributed by atoms with Crippen LogP contribution in [0, 0.1) is 23.2 Å². The van der Waals surface area contributed by atoms with Crippen LogP contribution in [0.25, 0.3) is 0 Å². The Balaban J connectivity index is 2.75. The highest BCUT2D eigenvalue weighted by molar-refractivity contribution is 5.80. The Labute approximate surface area is 147 Å². The maximum absolute atomic E-state index is 12.5. The lowest BCUT2D eigenvalue weighted by molar-refractivity contribution is -0.124. The summed E-state index contributed by atoms with van der Waals surface area (Å²) in [5, 5.41) is 6.13. The standard InChI is InChI=1S/C20H36N2O2/c1-7-15(12-16-9-10-21-19(16)24)17(11-14(3)4)22-18(23)13-20(5,6)8-2/h7,14-17H,1,8-13H2,2-6H3,(H,21,24)(H,22,23)/t15-,16+,17+/m1/s1. The smallest absolute Gasteiger partial charge is 0.223 e. The SMILES string of the molecule is C=C[C@H](C[C@@H]1CCNC1=O)[C@H](CC(C)C)NC(=O)CC(C)(C)CC. The topological polar surface area (TPSA) is 58.2 Å². The molecule has 0 radical (unpaired) electrons. The molecule has 1 fully saturated rings. The molecule has 138 valence electrons. The molecule has 0 aromatic carbocycles. The van der Waals surface area contributed by atoms with E-state index in [-0.39, 0.29) is 35.1 Å². The molecule has 2 amide bonds. The van der Waals surface area contributed by atoms with Crippen LogP contribution in [0.2, 0.25) is 0 Å². The fourth-order valence-electron chi connectivity index (χ4n) is 3.29. The molecule has 4 nitrogen and oxygen atoms in total. The maximum atomic E-state index is 12.5. The van der Waals surface area contributed by atoms with Gasteiger partial charge in [0.15, 0.2) is 0 Å². The van der Waals surface area contributed by atoms with E-state index in [1.807, 2.05) is 6.08 Å². The van der Waals surface area contributed by atoms with Gasteiger partial charge in [0.05, 0.1) is 0 Å². The Kier molecular flexibility index (Phi) is 7.98. The van der Waals surface area contributed by atoms with E-state index in [9.17, 15) is 9.59 Å². The Morgan fingerprint density at radius 1 is 1.46 bits per heavy atom. The van der Waals surface area contributed by atoms with Crippen molar-refractivity contribution in [2.45, 2.75) is 72.8 Å². The van der Waals surface area contributed by atoms with Gasteiger partial charge in [0.2, 0.25) is 11.8 Å². The Bertz CT molecular complexity index is 443. The molecule has 0 spiro atoms. The average Bonchev–Trinajstić information content (AvgIpc) is 2.88. The zero-order valence-corrected chi connectivity index (χ0v) is 16.2. The van der Waals surface area contributed by atoms with E-state index in [0.717, 1.165) is 32.2 Å². The maximum Gasteiger partial charge on any atom is 0.223 e. The van der Waals surface area contributed by atoms with Crippen molar-refractivity contribution in [2.24, 2.45) is 23.2 Å². The number of rotatable bonds is 10. The molecule has 1 rings (SSSR count). The number of amides is 2. The minimum atomic E-state index is 0.0154. The van der Waals surface area contributed by atoms with E-state index >= 15 is 0 Å². The second-order valence-corrected chi connectivity index (χ2v) is 8.41. The van der Waals surface area contributed by atoms with Crippen molar-refractivity contribution in [3.63, 3.8) is 0 Å². The van der Waals surface area contributed by atoms with Crippen LogP contribution in [0.3, 0.4) is 0 Å². The van der Waals surface area contributed by atoms with Gasteiger partial charge in [0.25, 0.3) is 0 Å². The van der Waals surface area contributed by atoms with Crippen molar-refractivity contribution >= 4 is 11.8 Å². The molecule has 1 saturated heterocycles. The third-order valence-corrected chi connectivity index (χ3v) is 5.21. The molecule has 1 aliphatic heterocycles. The lowest BCUT2D eigenvalue weighted by Gasteiger charge is -2.30. The first kappa shape index (κ1) is 20.7. The zero-order valence-electron chi connectivity index (χ0n) is 16.2. The summed E-state index contributed by atoms with van der Waals surface area (Å²) >= 11 is 0. The van der Waals surface area contributed by atoms with Crippen LogP contribution in [0.15, 0.2) is 12.7 Å². The van der Waals surface area contributed by atoms with Crippen LogP contribution in [-0.2, 0) is 9.59 Å². The Hall–Kier alpha value is -1.32. The molecule has 0 aromatic rings. The first-order chi connectivity index (χ1) is 11.2. The average molecular weight is 337 g/mol. The van der Waals surface area contributed by atoms with E-state index in [0.29, 0.717) is 12.3 Å². The molecule has 2 N–H and O–H groups in total. The summed E-state index contributed by atoms with van der Waals surface area (Å²) in [6, 6.07) is 0.0519. The van der Waals surface area contributed by atoms with E-state index in [4.69, 9.17) is 0 Å². The molecule has 4 heteroatoms. The highest BCUT2D eigenvalue weighted by Crippen LogP contribution is 2.27. The van der Waals surface area contributed by atoms with Crippen molar-refractivity contribution in [3.05, 3.63) is 12.7 Å². The lowest BCUT2D eigenvalue weighted by atomic mass is 9.83. The largest absolute Gasteiger partial charge is 0.356 e. The molecule has 0 saturated carbocycles. The first-order valence-corrected chi connectivity index (χ1v) is 9.38. The van der Waals surface area contributed by atoms with E-state index in [1.165, 1.54) is 0 Å². The number of nitrogens with one attached hydrogen (secondary N) is 2. The van der Waals surface area contributed by atoms with Crippen LogP contribution in [0.4, 0.5) is 0 Å². The van der Waals surface area contributed by atoms with Gasteiger partial charge < -0.3 is 10.6 Å². The van der Waals surface area contributed by atoms with E-state index < -0.39 is 0 Å². The normalized spacial score (nSPS) is 20.6. The monoisotopic (exact) mass is 336 g/mol. The van der Waals surface area contributed by atoms with Gasteiger partial charge in [0.1, 0.15) is 0 Å². The van der Waals surface area contributed by atoms with Crippen LogP contribution >= 0.6 is 0 Å². The Morgan fingerprint density at radius 3 is 2.58 bits per heavy atom. The predicted octanol–water partition coefficient (Wildman–Crippen LogP) is 3.67. The zero-order chi connectivity index (χ0) is 18.3. The first-order valence-electron chi connectivity index (χ1n) is 9.38. The van der Waals surface area contributed by atoms with Crippen LogP contribution in [0.1, 0.15) is 66.7 Å². The molecule has 0 aromatic heterocycles. The minimum absolute atomic E-state index is 0.0154. The molecule has 3 atom stereocenters. The quantitative estimate of drug-likeness (QED) is 0.598. The summed E-state index contributed by atoms with van der Waals surface area (Å²) in [6.45, 7) is 15.4. The summed E-state index contributed by atoms with van der Waals surface area (Å²) in [5.41, 5.74) is 0.0154. The van der Waals surface area contributed by atoms with Crippen molar-refractivity contribution in [3.8, 4) is 0 Å². The molecular weight excluding hydrogens is 300 g/mol. The van der Waals surface area contributed by atoms with Gasteiger partial charge in [-0.25, -0.2) is 0 Å². The fraction of sp³-hybridized carbons (Fsp3) is 0.800. The molecular formula is C20H36N2O2. The fourth-order valence-corrected chi connectivity index (χ4v) is 3.29. The van der Waals surface area contributed by atoms with Crippen molar-refractivity contribution < 1.29 is 9.59 Å². The van der Waals surface area contributed by atoms with Gasteiger partial charge >= 0.3 is 0 Å². The second-order valence-electron chi connectivity index (χ2n) is 8.41. The second kappa shape index (κ2) is 9.24. The molecule has 1 aliphatic rings. The van der Waals surface area contributed by atoms with Gasteiger partial charge in [-0.05, 0) is 36.5 Å². The van der Waals surface area contributed by atoms with Crippen LogP contribution in [0.5, 0.6) is 0 Å². The highest BCUT2D eigenvalue weighted by Gasteiger charge is 2.31. The van der Waals surface area contributed by atoms with Crippen molar-refractivity contribution in [1.82, 2.24) is 10.6 Å². The summed E-state index contributed by atoms with van der Waals surface area (Å²) in [7, 11) is 0. The number of hydrogen-bond acceptors (Lipinski definition) is 2.